The van der Waals surface area contributed by atoms with Crippen molar-refractivity contribution in [2.75, 3.05) is 0 Å². The van der Waals surface area contributed by atoms with Crippen molar-refractivity contribution >= 4 is 59.2 Å². The molecule has 0 aromatic heterocycles. The topological polar surface area (TPSA) is 77.8 Å². The summed E-state index contributed by atoms with van der Waals surface area (Å²) in [6.07, 6.45) is 0. The summed E-state index contributed by atoms with van der Waals surface area (Å²) in [5, 5.41) is 0. The zero-order chi connectivity index (χ0) is 4.50. The molecule has 0 atom stereocenters. The molecule has 0 aromatic carbocycles. The molecule has 0 radical (unpaired) electrons. The molecule has 0 rings (SSSR count). The summed E-state index contributed by atoms with van der Waals surface area (Å²) < 4.78 is 8.88. The first kappa shape index (κ1) is 16.1. The van der Waals surface area contributed by atoms with Crippen molar-refractivity contribution in [1.82, 2.24) is 0 Å². The molecule has 0 bridgehead atoms. The molecule has 7 heavy (non-hydrogen) atoms. The van der Waals surface area contributed by atoms with E-state index in [1.54, 1.807) is 0 Å². The fourth-order valence-electron chi connectivity index (χ4n) is 0. The molecule has 42 valence electrons. The van der Waals surface area contributed by atoms with Gasteiger partial charge in [0.25, 0.3) is 0 Å². The van der Waals surface area contributed by atoms with E-state index in [0.717, 1.165) is 0 Å². The van der Waals surface area contributed by atoms with Gasteiger partial charge < -0.3 is 14.7 Å². The van der Waals surface area contributed by atoms with Crippen molar-refractivity contribution in [2.24, 2.45) is 0 Å². The van der Waals surface area contributed by atoms with Crippen LogP contribution in [0.2, 0.25) is 0 Å². The van der Waals surface area contributed by atoms with Crippen LogP contribution in [0.3, 0.4) is 0 Å². The molecule has 7 heteroatoms. The molecule has 0 aliphatic carbocycles. The molecule has 3 N–H and O–H groups in total. The average molecular weight is 194 g/mol. The minimum absolute atomic E-state index is 0. The van der Waals surface area contributed by atoms with Gasteiger partial charge in [0, 0.05) is 17.1 Å². The Morgan fingerprint density at radius 3 is 1.14 bits per heavy atom. The van der Waals surface area contributed by atoms with Crippen LogP contribution >= 0.6 is 7.82 Å². The van der Waals surface area contributed by atoms with Crippen LogP contribution in [0.1, 0.15) is 0 Å². The molecule has 0 aromatic rings. The summed E-state index contributed by atoms with van der Waals surface area (Å²) in [6.45, 7) is 0. The van der Waals surface area contributed by atoms with Crippen LogP contribution < -0.4 is 0 Å². The van der Waals surface area contributed by atoms with Crippen LogP contribution in [0, 0.1) is 0 Å². The fraction of sp³-hybridized carbons (Fsp3) is 0. The molecule has 0 unspecified atom stereocenters. The normalized spacial score (nSPS) is 8.43. The van der Waals surface area contributed by atoms with E-state index in [-0.39, 0.29) is 68.5 Å². The molecule has 0 aliphatic heterocycles. The number of phosphoric acid groups is 1. The average Bonchev–Trinajstić information content (AvgIpc) is 0.722. The first-order chi connectivity index (χ1) is 2.00. The van der Waals surface area contributed by atoms with E-state index < -0.39 is 7.82 Å². The Balaban J connectivity index is -0.0000000800. The molecule has 0 aliphatic rings. The second-order valence-electron chi connectivity index (χ2n) is 0.513. The Labute approximate surface area is 93.8 Å². The summed E-state index contributed by atoms with van der Waals surface area (Å²) in [7, 11) is -4.64. The maximum absolute atomic E-state index is 8.88. The van der Waals surface area contributed by atoms with E-state index in [1.165, 1.54) is 0 Å². The summed E-state index contributed by atoms with van der Waals surface area (Å²) >= 11 is 0. The van der Waals surface area contributed by atoms with E-state index in [0.29, 0.717) is 0 Å². The Morgan fingerprint density at radius 1 is 1.14 bits per heavy atom. The van der Waals surface area contributed by atoms with Crippen molar-refractivity contribution in [3.05, 3.63) is 0 Å². The number of rotatable bonds is 0. The van der Waals surface area contributed by atoms with Crippen molar-refractivity contribution < 1.29 is 36.3 Å². The molecule has 0 saturated carbocycles. The third kappa shape index (κ3) is 63.2. The van der Waals surface area contributed by atoms with Crippen LogP contribution in [-0.4, -0.2) is 66.1 Å². The van der Waals surface area contributed by atoms with Gasteiger partial charge in [-0.15, -0.1) is 0 Å². The standard InChI is InChI=1S/Fe.K.H3O4P.H/c;;1-5(2,3)4;/h;;(H3,1,2,3,4);. The van der Waals surface area contributed by atoms with Gasteiger partial charge in [0.2, 0.25) is 0 Å². The van der Waals surface area contributed by atoms with Crippen LogP contribution in [0.4, 0.5) is 0 Å². The second-order valence-corrected chi connectivity index (χ2v) is 1.54. The molecule has 0 heterocycles. The van der Waals surface area contributed by atoms with E-state index >= 15 is 0 Å². The molecular weight excluding hydrogens is 190 g/mol. The van der Waals surface area contributed by atoms with Gasteiger partial charge >= 0.3 is 59.2 Å². The monoisotopic (exact) mass is 194 g/mol. The van der Waals surface area contributed by atoms with E-state index in [2.05, 4.69) is 0 Å². The Morgan fingerprint density at radius 2 is 1.14 bits per heavy atom. The predicted octanol–water partition coefficient (Wildman–Crippen LogP) is -1.58. The van der Waals surface area contributed by atoms with Gasteiger partial charge in [-0.25, -0.2) is 4.57 Å². The van der Waals surface area contributed by atoms with Crippen LogP contribution in [0.25, 0.3) is 0 Å². The summed E-state index contributed by atoms with van der Waals surface area (Å²) in [5.74, 6) is 0. The third-order valence-corrected chi connectivity index (χ3v) is 0. The zero-order valence-electron chi connectivity index (χ0n) is 2.55. The molecule has 4 nitrogen and oxygen atoms in total. The quantitative estimate of drug-likeness (QED) is 0.321. The van der Waals surface area contributed by atoms with Gasteiger partial charge in [0.1, 0.15) is 0 Å². The summed E-state index contributed by atoms with van der Waals surface area (Å²) in [5.41, 5.74) is 0. The van der Waals surface area contributed by atoms with Gasteiger partial charge in [-0.1, -0.05) is 0 Å². The Bertz CT molecular complexity index is 57.8. The van der Waals surface area contributed by atoms with Crippen molar-refractivity contribution in [2.45, 2.75) is 0 Å². The number of hydrogen-bond donors (Lipinski definition) is 3. The molecule has 0 spiro atoms. The zero-order valence-corrected chi connectivity index (χ0v) is 4.55. The maximum atomic E-state index is 8.88. The fourth-order valence-corrected chi connectivity index (χ4v) is 0. The van der Waals surface area contributed by atoms with Crippen LogP contribution in [-0.2, 0) is 21.6 Å². The molecule has 0 amide bonds. The van der Waals surface area contributed by atoms with Crippen molar-refractivity contribution in [1.29, 1.82) is 0 Å². The van der Waals surface area contributed by atoms with E-state index in [4.69, 9.17) is 19.2 Å². The number of hydrogen-bond acceptors (Lipinski definition) is 1. The molecule has 0 saturated heterocycles. The van der Waals surface area contributed by atoms with Crippen molar-refractivity contribution in [3.63, 3.8) is 0 Å². The van der Waals surface area contributed by atoms with Gasteiger partial charge in [-0.2, -0.15) is 0 Å². The minimum atomic E-state index is -4.64. The Hall–Kier alpha value is 2.27. The summed E-state index contributed by atoms with van der Waals surface area (Å²) in [4.78, 5) is 21.6. The predicted molar refractivity (Wildman–Crippen MR) is 21.4 cm³/mol. The summed E-state index contributed by atoms with van der Waals surface area (Å²) in [6, 6.07) is 0. The molecule has 0 fully saturated rings. The van der Waals surface area contributed by atoms with Crippen molar-refractivity contribution in [3.8, 4) is 0 Å². The Kier molecular flexibility index (Phi) is 14.7. The van der Waals surface area contributed by atoms with Crippen LogP contribution in [0.5, 0.6) is 0 Å². The SMILES string of the molecule is O=P(O)(O)O.[Fe].[KH]. The molecular formula is H4FeKO4P. The van der Waals surface area contributed by atoms with Crippen LogP contribution in [0.15, 0.2) is 0 Å². The second kappa shape index (κ2) is 6.39. The van der Waals surface area contributed by atoms with E-state index in [9.17, 15) is 0 Å². The first-order valence-electron chi connectivity index (χ1n) is 0.783. The van der Waals surface area contributed by atoms with Gasteiger partial charge in [-0.05, 0) is 0 Å². The van der Waals surface area contributed by atoms with Gasteiger partial charge in [-0.3, -0.25) is 0 Å². The van der Waals surface area contributed by atoms with Gasteiger partial charge in [0.15, 0.2) is 0 Å². The van der Waals surface area contributed by atoms with E-state index in [1.807, 2.05) is 0 Å². The van der Waals surface area contributed by atoms with Gasteiger partial charge in [0.05, 0.1) is 0 Å². The first-order valence-corrected chi connectivity index (χ1v) is 2.35. The third-order valence-electron chi connectivity index (χ3n) is 0.